The summed E-state index contributed by atoms with van der Waals surface area (Å²) in [7, 11) is 1.55. The number of hydrogen-bond donors (Lipinski definition) is 1. The highest BCUT2D eigenvalue weighted by molar-refractivity contribution is 6.04. The van der Waals surface area contributed by atoms with E-state index in [0.29, 0.717) is 10.8 Å². The van der Waals surface area contributed by atoms with E-state index in [4.69, 9.17) is 0 Å². The van der Waals surface area contributed by atoms with E-state index in [1.807, 2.05) is 49.4 Å². The molecule has 0 bridgehead atoms. The fraction of sp³-hybridized carbons (Fsp3) is 0.125. The molecular weight excluding hydrogens is 362 g/mol. The number of hydrogen-bond acceptors (Lipinski definition) is 3. The Bertz CT molecular complexity index is 1230. The van der Waals surface area contributed by atoms with Crippen molar-refractivity contribution >= 4 is 16.7 Å². The number of amides is 1. The van der Waals surface area contributed by atoms with Crippen molar-refractivity contribution in [3.63, 3.8) is 0 Å². The van der Waals surface area contributed by atoms with Gasteiger partial charge in [-0.05, 0) is 29.7 Å². The molecule has 3 aromatic carbocycles. The summed E-state index contributed by atoms with van der Waals surface area (Å²) < 4.78 is 1.20. The van der Waals surface area contributed by atoms with Gasteiger partial charge in [-0.25, -0.2) is 4.68 Å². The molecule has 1 amide bonds. The van der Waals surface area contributed by atoms with Gasteiger partial charge in [-0.15, -0.1) is 0 Å². The zero-order valence-electron chi connectivity index (χ0n) is 16.3. The van der Waals surface area contributed by atoms with Crippen LogP contribution in [0.4, 0.5) is 0 Å². The summed E-state index contributed by atoms with van der Waals surface area (Å²) >= 11 is 0. The number of carbonyl (C=O) groups excluding carboxylic acids is 1. The molecule has 0 aliphatic rings. The predicted octanol–water partition coefficient (Wildman–Crippen LogP) is 4.09. The maximum absolute atomic E-state index is 12.9. The molecule has 1 heterocycles. The van der Waals surface area contributed by atoms with E-state index in [2.05, 4.69) is 22.5 Å². The topological polar surface area (TPSA) is 64.0 Å². The third kappa shape index (κ3) is 3.67. The summed E-state index contributed by atoms with van der Waals surface area (Å²) in [5, 5.41) is 8.22. The number of nitrogens with zero attached hydrogens (tertiary/aromatic N) is 2. The first-order valence-electron chi connectivity index (χ1n) is 9.47. The molecule has 1 N–H and O–H groups in total. The highest BCUT2D eigenvalue weighted by Crippen LogP contribution is 2.22. The average molecular weight is 383 g/mol. The van der Waals surface area contributed by atoms with Gasteiger partial charge < -0.3 is 5.32 Å². The van der Waals surface area contributed by atoms with Crippen LogP contribution in [0.2, 0.25) is 0 Å². The third-order valence-electron chi connectivity index (χ3n) is 5.04. The number of benzene rings is 3. The van der Waals surface area contributed by atoms with Crippen LogP contribution in [0.25, 0.3) is 21.9 Å². The predicted molar refractivity (Wildman–Crippen MR) is 115 cm³/mol. The lowest BCUT2D eigenvalue weighted by Gasteiger charge is -2.16. The maximum Gasteiger partial charge on any atom is 0.274 e. The Labute approximate surface area is 168 Å². The minimum absolute atomic E-state index is 0.204. The van der Waals surface area contributed by atoms with E-state index in [9.17, 15) is 9.59 Å². The molecule has 1 atom stereocenters. The molecule has 0 aliphatic heterocycles. The van der Waals surface area contributed by atoms with E-state index in [0.717, 1.165) is 16.7 Å². The Hall–Kier alpha value is -3.73. The summed E-state index contributed by atoms with van der Waals surface area (Å²) in [5.74, 6) is -0.309. The Morgan fingerprint density at radius 3 is 2.14 bits per heavy atom. The van der Waals surface area contributed by atoms with Crippen LogP contribution in [-0.4, -0.2) is 15.7 Å². The molecule has 0 fully saturated rings. The van der Waals surface area contributed by atoms with Gasteiger partial charge in [0.2, 0.25) is 0 Å². The normalized spacial score (nSPS) is 11.9. The van der Waals surface area contributed by atoms with Gasteiger partial charge in [-0.1, -0.05) is 72.8 Å². The van der Waals surface area contributed by atoms with Crippen molar-refractivity contribution in [2.24, 2.45) is 7.05 Å². The van der Waals surface area contributed by atoms with E-state index >= 15 is 0 Å². The minimum Gasteiger partial charge on any atom is -0.344 e. The van der Waals surface area contributed by atoms with Crippen LogP contribution < -0.4 is 10.9 Å². The van der Waals surface area contributed by atoms with Crippen LogP contribution >= 0.6 is 0 Å². The number of aryl methyl sites for hydroxylation is 1. The quantitative estimate of drug-likeness (QED) is 0.577. The Kier molecular flexibility index (Phi) is 4.96. The number of aromatic nitrogens is 2. The minimum atomic E-state index is -0.309. The molecule has 0 radical (unpaired) electrons. The second-order valence-corrected chi connectivity index (χ2v) is 7.01. The van der Waals surface area contributed by atoms with Crippen molar-refractivity contribution < 1.29 is 4.79 Å². The second-order valence-electron chi connectivity index (χ2n) is 7.01. The smallest absolute Gasteiger partial charge is 0.274 e. The SMILES string of the molecule is CC(NC(=O)c1nn(C)c(=O)c2ccccc12)c1ccc(-c2ccccc2)cc1. The van der Waals surface area contributed by atoms with Gasteiger partial charge in [-0.2, -0.15) is 5.10 Å². The molecule has 29 heavy (non-hydrogen) atoms. The standard InChI is InChI=1S/C24H21N3O2/c1-16(17-12-14-19(15-13-17)18-8-4-3-5-9-18)25-23(28)22-20-10-6-7-11-21(20)24(29)27(2)26-22/h3-16H,1-2H3,(H,25,28). The van der Waals surface area contributed by atoms with Crippen LogP contribution in [0.5, 0.6) is 0 Å². The molecule has 0 saturated carbocycles. The van der Waals surface area contributed by atoms with Gasteiger partial charge >= 0.3 is 0 Å². The van der Waals surface area contributed by atoms with Crippen LogP contribution in [-0.2, 0) is 7.05 Å². The van der Waals surface area contributed by atoms with E-state index in [1.165, 1.54) is 4.68 Å². The molecule has 144 valence electrons. The zero-order valence-corrected chi connectivity index (χ0v) is 16.3. The molecule has 4 rings (SSSR count). The van der Waals surface area contributed by atoms with Gasteiger partial charge in [0.1, 0.15) is 0 Å². The van der Waals surface area contributed by atoms with E-state index < -0.39 is 0 Å². The molecular formula is C24H21N3O2. The van der Waals surface area contributed by atoms with Gasteiger partial charge in [0.05, 0.1) is 11.4 Å². The number of carbonyl (C=O) groups is 1. The third-order valence-corrected chi connectivity index (χ3v) is 5.04. The molecule has 0 saturated heterocycles. The van der Waals surface area contributed by atoms with Gasteiger partial charge in [0.15, 0.2) is 5.69 Å². The summed E-state index contributed by atoms with van der Waals surface area (Å²) in [5.41, 5.74) is 3.29. The lowest BCUT2D eigenvalue weighted by Crippen LogP contribution is -2.31. The van der Waals surface area contributed by atoms with E-state index in [1.54, 1.807) is 31.3 Å². The molecule has 5 heteroatoms. The molecule has 0 aliphatic carbocycles. The Balaban J connectivity index is 1.58. The summed E-state index contributed by atoms with van der Waals surface area (Å²) in [4.78, 5) is 25.2. The second kappa shape index (κ2) is 7.72. The number of rotatable bonds is 4. The van der Waals surface area contributed by atoms with Gasteiger partial charge in [-0.3, -0.25) is 9.59 Å². The van der Waals surface area contributed by atoms with Crippen molar-refractivity contribution in [1.82, 2.24) is 15.1 Å². The highest BCUT2D eigenvalue weighted by Gasteiger charge is 2.18. The fourth-order valence-electron chi connectivity index (χ4n) is 3.41. The molecule has 5 nitrogen and oxygen atoms in total. The monoisotopic (exact) mass is 383 g/mol. The van der Waals surface area contributed by atoms with Crippen LogP contribution in [0.15, 0.2) is 83.7 Å². The molecule has 0 spiro atoms. The zero-order chi connectivity index (χ0) is 20.4. The van der Waals surface area contributed by atoms with Crippen LogP contribution in [0.3, 0.4) is 0 Å². The van der Waals surface area contributed by atoms with Crippen molar-refractivity contribution in [3.8, 4) is 11.1 Å². The van der Waals surface area contributed by atoms with Crippen molar-refractivity contribution in [2.45, 2.75) is 13.0 Å². The van der Waals surface area contributed by atoms with Gasteiger partial charge in [0, 0.05) is 12.4 Å². The fourth-order valence-corrected chi connectivity index (χ4v) is 3.41. The van der Waals surface area contributed by atoms with Crippen LogP contribution in [0.1, 0.15) is 29.0 Å². The van der Waals surface area contributed by atoms with Gasteiger partial charge in [0.25, 0.3) is 11.5 Å². The maximum atomic E-state index is 12.9. The first kappa shape index (κ1) is 18.6. The van der Waals surface area contributed by atoms with Crippen LogP contribution in [0, 0.1) is 0 Å². The summed E-state index contributed by atoms with van der Waals surface area (Å²) in [6.45, 7) is 1.93. The average Bonchev–Trinajstić information content (AvgIpc) is 2.77. The van der Waals surface area contributed by atoms with E-state index in [-0.39, 0.29) is 23.2 Å². The largest absolute Gasteiger partial charge is 0.344 e. The lowest BCUT2D eigenvalue weighted by atomic mass is 10.0. The molecule has 1 unspecified atom stereocenters. The molecule has 1 aromatic heterocycles. The lowest BCUT2D eigenvalue weighted by molar-refractivity contribution is 0.0934. The first-order chi connectivity index (χ1) is 14.0. The Morgan fingerprint density at radius 1 is 0.862 bits per heavy atom. The van der Waals surface area contributed by atoms with Crippen molar-refractivity contribution in [1.29, 1.82) is 0 Å². The number of nitrogens with one attached hydrogen (secondary N) is 1. The Morgan fingerprint density at radius 2 is 1.45 bits per heavy atom. The first-order valence-corrected chi connectivity index (χ1v) is 9.47. The summed E-state index contributed by atoms with van der Waals surface area (Å²) in [6, 6.07) is 25.1. The van der Waals surface area contributed by atoms with Crippen molar-refractivity contribution in [2.75, 3.05) is 0 Å². The summed E-state index contributed by atoms with van der Waals surface area (Å²) in [6.07, 6.45) is 0. The highest BCUT2D eigenvalue weighted by atomic mass is 16.2. The number of fused-ring (bicyclic) bond motifs is 1. The van der Waals surface area contributed by atoms with Crippen molar-refractivity contribution in [3.05, 3.63) is 100 Å². The molecule has 4 aromatic rings.